The van der Waals surface area contributed by atoms with Gasteiger partial charge < -0.3 is 4.98 Å². The van der Waals surface area contributed by atoms with Crippen molar-refractivity contribution < 1.29 is 13.0 Å². The van der Waals surface area contributed by atoms with Crippen molar-refractivity contribution in [2.24, 2.45) is 0 Å². The molecular formula is C17H11N5O3S. The van der Waals surface area contributed by atoms with Gasteiger partial charge in [-0.25, -0.2) is 13.0 Å². The molecule has 2 N–H and O–H groups in total. The summed E-state index contributed by atoms with van der Waals surface area (Å²) in [5.41, 5.74) is 2.50. The smallest absolute Gasteiger partial charge is 0.264 e. The number of hydrogen-bond acceptors (Lipinski definition) is 6. The van der Waals surface area contributed by atoms with E-state index in [-0.39, 0.29) is 4.90 Å². The zero-order valence-electron chi connectivity index (χ0n) is 13.2. The molecule has 26 heavy (non-hydrogen) atoms. The second kappa shape index (κ2) is 5.27. The standard InChI is InChI=1S/C17H11N5O3S/c23-26(24,22-13-5-1-4-12-17(13)21-25-20-12)14-9-19-16-11(14)7-6-10-3-2-8-18-15(10)16/h1-9,18,22H. The molecule has 0 aliphatic rings. The number of benzene rings is 2. The van der Waals surface area contributed by atoms with E-state index >= 15 is 0 Å². The van der Waals surface area contributed by atoms with E-state index in [1.165, 1.54) is 6.20 Å². The van der Waals surface area contributed by atoms with E-state index in [2.05, 4.69) is 29.6 Å². The van der Waals surface area contributed by atoms with Crippen molar-refractivity contribution in [3.8, 4) is 0 Å². The molecule has 0 aliphatic heterocycles. The highest BCUT2D eigenvalue weighted by atomic mass is 32.2. The Morgan fingerprint density at radius 2 is 1.92 bits per heavy atom. The number of fused-ring (bicyclic) bond motifs is 4. The van der Waals surface area contributed by atoms with Crippen molar-refractivity contribution in [3.63, 3.8) is 0 Å². The summed E-state index contributed by atoms with van der Waals surface area (Å²) in [6.07, 6.45) is 3.13. The minimum absolute atomic E-state index is 0.0973. The van der Waals surface area contributed by atoms with Crippen LogP contribution < -0.4 is 4.72 Å². The molecule has 0 unspecified atom stereocenters. The topological polar surface area (TPSA) is 114 Å². The van der Waals surface area contributed by atoms with Gasteiger partial charge in [0.05, 0.1) is 16.7 Å². The fourth-order valence-corrected chi connectivity index (χ4v) is 4.22. The van der Waals surface area contributed by atoms with E-state index in [0.29, 0.717) is 27.6 Å². The molecule has 0 aliphatic carbocycles. The second-order valence-electron chi connectivity index (χ2n) is 5.76. The average Bonchev–Trinajstić information content (AvgIpc) is 3.29. The maximum absolute atomic E-state index is 12.9. The van der Waals surface area contributed by atoms with E-state index in [9.17, 15) is 8.42 Å². The molecule has 0 atom stereocenters. The molecule has 8 nitrogen and oxygen atoms in total. The van der Waals surface area contributed by atoms with Gasteiger partial charge in [0.15, 0.2) is 5.52 Å². The summed E-state index contributed by atoms with van der Waals surface area (Å²) >= 11 is 0. The predicted molar refractivity (Wildman–Crippen MR) is 96.2 cm³/mol. The van der Waals surface area contributed by atoms with Gasteiger partial charge in [-0.15, -0.1) is 0 Å². The van der Waals surface area contributed by atoms with Crippen LogP contribution in [0, 0.1) is 0 Å². The summed E-state index contributed by atoms with van der Waals surface area (Å²) in [4.78, 5) is 7.53. The summed E-state index contributed by atoms with van der Waals surface area (Å²) in [5, 5.41) is 8.96. The van der Waals surface area contributed by atoms with Crippen LogP contribution >= 0.6 is 0 Å². The van der Waals surface area contributed by atoms with Crippen LogP contribution in [0.25, 0.3) is 32.8 Å². The van der Waals surface area contributed by atoms with E-state index in [1.807, 2.05) is 18.2 Å². The normalized spacial score (nSPS) is 12.2. The Labute approximate surface area is 146 Å². The molecule has 2 aromatic carbocycles. The maximum atomic E-state index is 12.9. The Morgan fingerprint density at radius 1 is 1.00 bits per heavy atom. The predicted octanol–water partition coefficient (Wildman–Crippen LogP) is 3.05. The van der Waals surface area contributed by atoms with Crippen LogP contribution in [0.2, 0.25) is 0 Å². The third-order valence-corrected chi connectivity index (χ3v) is 5.60. The van der Waals surface area contributed by atoms with E-state index in [0.717, 1.165) is 10.9 Å². The number of anilines is 1. The Kier molecular flexibility index (Phi) is 3.01. The first-order valence-electron chi connectivity index (χ1n) is 7.72. The lowest BCUT2D eigenvalue weighted by molar-refractivity contribution is 0.315. The molecule has 0 spiro atoms. The van der Waals surface area contributed by atoms with Gasteiger partial charge in [-0.2, -0.15) is 0 Å². The molecule has 3 heterocycles. The summed E-state index contributed by atoms with van der Waals surface area (Å²) in [6, 6.07) is 12.4. The molecule has 128 valence electrons. The van der Waals surface area contributed by atoms with Gasteiger partial charge in [0, 0.05) is 23.2 Å². The first-order valence-corrected chi connectivity index (χ1v) is 9.21. The Balaban J connectivity index is 1.67. The fraction of sp³-hybridized carbons (Fsp3) is 0. The number of nitrogens with one attached hydrogen (secondary N) is 2. The molecule has 9 heteroatoms. The van der Waals surface area contributed by atoms with E-state index < -0.39 is 10.0 Å². The highest BCUT2D eigenvalue weighted by Gasteiger charge is 2.22. The highest BCUT2D eigenvalue weighted by molar-refractivity contribution is 7.93. The number of sulfonamides is 1. The number of H-pyrrole nitrogens is 1. The molecule has 0 saturated heterocycles. The van der Waals surface area contributed by atoms with Crippen molar-refractivity contribution in [3.05, 3.63) is 54.9 Å². The Bertz CT molecular complexity index is 1390. The summed E-state index contributed by atoms with van der Waals surface area (Å²) < 4.78 is 33.1. The number of aromatic nitrogens is 4. The van der Waals surface area contributed by atoms with Crippen molar-refractivity contribution in [2.45, 2.75) is 4.90 Å². The zero-order chi connectivity index (χ0) is 17.7. The summed E-state index contributed by atoms with van der Waals surface area (Å²) in [6.45, 7) is 0. The number of pyridine rings is 1. The average molecular weight is 365 g/mol. The van der Waals surface area contributed by atoms with Crippen molar-refractivity contribution in [1.29, 1.82) is 0 Å². The third kappa shape index (κ3) is 2.14. The van der Waals surface area contributed by atoms with Crippen LogP contribution in [0.1, 0.15) is 0 Å². The molecule has 0 bridgehead atoms. The lowest BCUT2D eigenvalue weighted by Gasteiger charge is -2.07. The fourth-order valence-electron chi connectivity index (χ4n) is 3.01. The molecule has 3 aromatic heterocycles. The van der Waals surface area contributed by atoms with Crippen molar-refractivity contribution in [1.82, 2.24) is 20.3 Å². The van der Waals surface area contributed by atoms with E-state index in [1.54, 1.807) is 30.5 Å². The van der Waals surface area contributed by atoms with Gasteiger partial charge in [-0.3, -0.25) is 9.71 Å². The molecule has 5 rings (SSSR count). The SMILES string of the molecule is O=S(=O)(Nc1cccc2nonc12)c1cnc2c1ccc1ccc[nH]c12. The first kappa shape index (κ1) is 14.8. The van der Waals surface area contributed by atoms with Crippen molar-refractivity contribution in [2.75, 3.05) is 4.72 Å². The molecule has 0 fully saturated rings. The Morgan fingerprint density at radius 3 is 2.85 bits per heavy atom. The minimum Gasteiger partial charge on any atom is -0.359 e. The van der Waals surface area contributed by atoms with Crippen LogP contribution in [-0.2, 0) is 10.0 Å². The largest absolute Gasteiger partial charge is 0.359 e. The number of hydrogen-bond donors (Lipinski definition) is 2. The number of nitrogens with zero attached hydrogens (tertiary/aromatic N) is 3. The van der Waals surface area contributed by atoms with Gasteiger partial charge >= 0.3 is 0 Å². The summed E-state index contributed by atoms with van der Waals surface area (Å²) in [7, 11) is -3.87. The van der Waals surface area contributed by atoms with Gasteiger partial charge in [-0.1, -0.05) is 24.3 Å². The molecule has 0 saturated carbocycles. The lowest BCUT2D eigenvalue weighted by Crippen LogP contribution is -2.12. The zero-order valence-corrected chi connectivity index (χ0v) is 14.0. The monoisotopic (exact) mass is 365 g/mol. The second-order valence-corrected chi connectivity index (χ2v) is 7.41. The van der Waals surface area contributed by atoms with Gasteiger partial charge in [0.25, 0.3) is 10.0 Å². The van der Waals surface area contributed by atoms with Crippen molar-refractivity contribution >= 4 is 48.5 Å². The maximum Gasteiger partial charge on any atom is 0.264 e. The third-order valence-electron chi connectivity index (χ3n) is 4.21. The molecule has 5 aromatic rings. The summed E-state index contributed by atoms with van der Waals surface area (Å²) in [5.74, 6) is 0. The molecular weight excluding hydrogens is 354 g/mol. The van der Waals surface area contributed by atoms with E-state index in [4.69, 9.17) is 0 Å². The van der Waals surface area contributed by atoms with Crippen LogP contribution in [0.15, 0.2) is 64.4 Å². The minimum atomic E-state index is -3.87. The number of rotatable bonds is 3. The molecule has 0 amide bonds. The first-order chi connectivity index (χ1) is 12.6. The van der Waals surface area contributed by atoms with Crippen LogP contribution in [0.4, 0.5) is 5.69 Å². The van der Waals surface area contributed by atoms with Gasteiger partial charge in [0.1, 0.15) is 10.4 Å². The van der Waals surface area contributed by atoms with Crippen LogP contribution in [0.3, 0.4) is 0 Å². The van der Waals surface area contributed by atoms with Crippen LogP contribution in [0.5, 0.6) is 0 Å². The lowest BCUT2D eigenvalue weighted by atomic mass is 10.1. The van der Waals surface area contributed by atoms with Gasteiger partial charge in [-0.05, 0) is 28.5 Å². The van der Waals surface area contributed by atoms with Crippen LogP contribution in [-0.4, -0.2) is 28.7 Å². The highest BCUT2D eigenvalue weighted by Crippen LogP contribution is 2.30. The Hall–Kier alpha value is -3.46. The number of aromatic amines is 1. The van der Waals surface area contributed by atoms with Gasteiger partial charge in [0.2, 0.25) is 0 Å². The quantitative estimate of drug-likeness (QED) is 0.508. The molecule has 0 radical (unpaired) electrons.